The standard InChI is InChI=1S/C15H29N3O2/c1-3-13-6-4-5-7-18(13)15(19)11-17-8-9-20-14(10-17)12(2)16/h12-14H,3-11,16H2,1-2H3. The predicted octanol–water partition coefficient (Wildman–Crippen LogP) is 0.826. The van der Waals surface area contributed by atoms with E-state index in [0.29, 0.717) is 19.2 Å². The number of rotatable bonds is 4. The average molecular weight is 283 g/mol. The summed E-state index contributed by atoms with van der Waals surface area (Å²) >= 11 is 0. The van der Waals surface area contributed by atoms with Gasteiger partial charge in [0.1, 0.15) is 0 Å². The molecule has 1 amide bonds. The van der Waals surface area contributed by atoms with Crippen LogP contribution in [0.1, 0.15) is 39.5 Å². The highest BCUT2D eigenvalue weighted by Gasteiger charge is 2.29. The summed E-state index contributed by atoms with van der Waals surface area (Å²) in [4.78, 5) is 16.8. The molecule has 0 aromatic carbocycles. The molecule has 5 nitrogen and oxygen atoms in total. The van der Waals surface area contributed by atoms with Crippen LogP contribution < -0.4 is 5.73 Å². The molecule has 0 spiro atoms. The van der Waals surface area contributed by atoms with Crippen molar-refractivity contribution in [1.82, 2.24) is 9.80 Å². The molecular formula is C15H29N3O2. The molecule has 0 bridgehead atoms. The minimum absolute atomic E-state index is 0.0197. The van der Waals surface area contributed by atoms with Gasteiger partial charge in [0.15, 0.2) is 0 Å². The van der Waals surface area contributed by atoms with Crippen LogP contribution in [0.5, 0.6) is 0 Å². The van der Waals surface area contributed by atoms with Crippen molar-refractivity contribution < 1.29 is 9.53 Å². The van der Waals surface area contributed by atoms with Gasteiger partial charge in [0.05, 0.1) is 19.3 Å². The van der Waals surface area contributed by atoms with Gasteiger partial charge in [-0.1, -0.05) is 6.92 Å². The van der Waals surface area contributed by atoms with E-state index in [1.807, 2.05) is 6.92 Å². The third-order valence-corrected chi connectivity index (χ3v) is 4.54. The highest BCUT2D eigenvalue weighted by molar-refractivity contribution is 5.78. The number of ether oxygens (including phenoxy) is 1. The lowest BCUT2D eigenvalue weighted by Gasteiger charge is -2.39. The number of piperidine rings is 1. The molecule has 0 aromatic heterocycles. The Morgan fingerprint density at radius 1 is 1.40 bits per heavy atom. The van der Waals surface area contributed by atoms with Crippen LogP contribution in [0.4, 0.5) is 0 Å². The number of carbonyl (C=O) groups excluding carboxylic acids is 1. The van der Waals surface area contributed by atoms with E-state index in [1.54, 1.807) is 0 Å². The Bertz CT molecular complexity index is 322. The van der Waals surface area contributed by atoms with Crippen LogP contribution in [0.15, 0.2) is 0 Å². The molecule has 2 aliphatic heterocycles. The Hall–Kier alpha value is -0.650. The molecule has 2 fully saturated rings. The first-order valence-electron chi connectivity index (χ1n) is 8.00. The Balaban J connectivity index is 1.86. The summed E-state index contributed by atoms with van der Waals surface area (Å²) in [6, 6.07) is 0.466. The fourth-order valence-corrected chi connectivity index (χ4v) is 3.23. The van der Waals surface area contributed by atoms with E-state index in [4.69, 9.17) is 10.5 Å². The quantitative estimate of drug-likeness (QED) is 0.830. The van der Waals surface area contributed by atoms with Gasteiger partial charge < -0.3 is 15.4 Å². The maximum atomic E-state index is 12.5. The van der Waals surface area contributed by atoms with Crippen molar-refractivity contribution in [3.63, 3.8) is 0 Å². The van der Waals surface area contributed by atoms with Gasteiger partial charge >= 0.3 is 0 Å². The molecule has 3 atom stereocenters. The van der Waals surface area contributed by atoms with Gasteiger partial charge in [0, 0.05) is 31.7 Å². The zero-order valence-corrected chi connectivity index (χ0v) is 12.9. The Morgan fingerprint density at radius 3 is 2.90 bits per heavy atom. The monoisotopic (exact) mass is 283 g/mol. The second-order valence-corrected chi connectivity index (χ2v) is 6.15. The molecule has 0 aromatic rings. The summed E-state index contributed by atoms with van der Waals surface area (Å²) in [7, 11) is 0. The number of nitrogens with zero attached hydrogens (tertiary/aromatic N) is 2. The molecular weight excluding hydrogens is 254 g/mol. The van der Waals surface area contributed by atoms with Crippen molar-refractivity contribution in [3.05, 3.63) is 0 Å². The summed E-state index contributed by atoms with van der Waals surface area (Å²) in [5, 5.41) is 0. The number of hydrogen-bond acceptors (Lipinski definition) is 4. The molecule has 0 aliphatic carbocycles. The minimum Gasteiger partial charge on any atom is -0.374 e. The predicted molar refractivity (Wildman–Crippen MR) is 79.5 cm³/mol. The lowest BCUT2D eigenvalue weighted by atomic mass is 10.00. The number of hydrogen-bond donors (Lipinski definition) is 1. The van der Waals surface area contributed by atoms with Gasteiger partial charge in [-0.25, -0.2) is 0 Å². The Kier molecular flexibility index (Phi) is 5.81. The van der Waals surface area contributed by atoms with Crippen LogP contribution in [0, 0.1) is 0 Å². The number of likely N-dealkylation sites (tertiary alicyclic amines) is 1. The smallest absolute Gasteiger partial charge is 0.236 e. The lowest BCUT2D eigenvalue weighted by molar-refractivity contribution is -0.138. The highest BCUT2D eigenvalue weighted by Crippen LogP contribution is 2.20. The second-order valence-electron chi connectivity index (χ2n) is 6.15. The maximum Gasteiger partial charge on any atom is 0.236 e. The van der Waals surface area contributed by atoms with Crippen molar-refractivity contribution in [1.29, 1.82) is 0 Å². The van der Waals surface area contributed by atoms with Gasteiger partial charge in [0.25, 0.3) is 0 Å². The summed E-state index contributed by atoms with van der Waals surface area (Å²) in [6.45, 7) is 7.87. The van der Waals surface area contributed by atoms with E-state index in [-0.39, 0.29) is 18.1 Å². The van der Waals surface area contributed by atoms with E-state index < -0.39 is 0 Å². The molecule has 0 saturated carbocycles. The number of amides is 1. The molecule has 2 rings (SSSR count). The molecule has 2 heterocycles. The number of nitrogens with two attached hydrogens (primary N) is 1. The van der Waals surface area contributed by atoms with Crippen molar-refractivity contribution in [2.75, 3.05) is 32.8 Å². The van der Waals surface area contributed by atoms with Crippen molar-refractivity contribution in [2.24, 2.45) is 5.73 Å². The minimum atomic E-state index is 0.0197. The molecule has 116 valence electrons. The summed E-state index contributed by atoms with van der Waals surface area (Å²) < 4.78 is 5.65. The van der Waals surface area contributed by atoms with Gasteiger partial charge in [-0.2, -0.15) is 0 Å². The molecule has 3 unspecified atom stereocenters. The largest absolute Gasteiger partial charge is 0.374 e. The maximum absolute atomic E-state index is 12.5. The highest BCUT2D eigenvalue weighted by atomic mass is 16.5. The van der Waals surface area contributed by atoms with Gasteiger partial charge in [0.2, 0.25) is 5.91 Å². The molecule has 0 radical (unpaired) electrons. The molecule has 2 aliphatic rings. The lowest BCUT2D eigenvalue weighted by Crippen LogP contribution is -2.53. The zero-order chi connectivity index (χ0) is 14.5. The molecule has 2 N–H and O–H groups in total. The summed E-state index contributed by atoms with van der Waals surface area (Å²) in [6.07, 6.45) is 4.69. The van der Waals surface area contributed by atoms with Gasteiger partial charge in [-0.3, -0.25) is 9.69 Å². The average Bonchev–Trinajstić information content (AvgIpc) is 2.47. The third kappa shape index (κ3) is 3.93. The number of morpholine rings is 1. The van der Waals surface area contributed by atoms with E-state index in [9.17, 15) is 4.79 Å². The zero-order valence-electron chi connectivity index (χ0n) is 12.9. The van der Waals surface area contributed by atoms with Crippen molar-refractivity contribution in [2.45, 2.75) is 57.7 Å². The van der Waals surface area contributed by atoms with Crippen LogP contribution in [-0.4, -0.2) is 66.7 Å². The fourth-order valence-electron chi connectivity index (χ4n) is 3.23. The first-order chi connectivity index (χ1) is 9.61. The molecule has 2 saturated heterocycles. The first kappa shape index (κ1) is 15.7. The van der Waals surface area contributed by atoms with E-state index in [0.717, 1.165) is 38.9 Å². The molecule has 20 heavy (non-hydrogen) atoms. The van der Waals surface area contributed by atoms with Crippen LogP contribution in [0.2, 0.25) is 0 Å². The van der Waals surface area contributed by atoms with Crippen LogP contribution >= 0.6 is 0 Å². The second kappa shape index (κ2) is 7.38. The van der Waals surface area contributed by atoms with Gasteiger partial charge in [-0.05, 0) is 32.6 Å². The topological polar surface area (TPSA) is 58.8 Å². The van der Waals surface area contributed by atoms with Crippen LogP contribution in [0.25, 0.3) is 0 Å². The SMILES string of the molecule is CCC1CCCCN1C(=O)CN1CCOC(C(C)N)C1. The molecule has 5 heteroatoms. The fraction of sp³-hybridized carbons (Fsp3) is 0.933. The van der Waals surface area contributed by atoms with Crippen LogP contribution in [-0.2, 0) is 9.53 Å². The van der Waals surface area contributed by atoms with Gasteiger partial charge in [-0.15, -0.1) is 0 Å². The third-order valence-electron chi connectivity index (χ3n) is 4.54. The van der Waals surface area contributed by atoms with E-state index in [1.165, 1.54) is 6.42 Å². The van der Waals surface area contributed by atoms with E-state index >= 15 is 0 Å². The van der Waals surface area contributed by atoms with Crippen molar-refractivity contribution >= 4 is 5.91 Å². The normalized spacial score (nSPS) is 30.2. The number of carbonyl (C=O) groups is 1. The summed E-state index contributed by atoms with van der Waals surface area (Å²) in [5.41, 5.74) is 5.90. The van der Waals surface area contributed by atoms with Crippen LogP contribution in [0.3, 0.4) is 0 Å². The Morgan fingerprint density at radius 2 is 2.20 bits per heavy atom. The Labute approximate surface area is 122 Å². The summed E-state index contributed by atoms with van der Waals surface area (Å²) in [5.74, 6) is 0.280. The first-order valence-corrected chi connectivity index (χ1v) is 8.00. The van der Waals surface area contributed by atoms with E-state index in [2.05, 4.69) is 16.7 Å². The van der Waals surface area contributed by atoms with Crippen molar-refractivity contribution in [3.8, 4) is 0 Å².